The van der Waals surface area contributed by atoms with Crippen LogP contribution in [0.4, 0.5) is 0 Å². The highest BCUT2D eigenvalue weighted by atomic mass is 32.2. The molecule has 1 aliphatic rings. The van der Waals surface area contributed by atoms with E-state index in [-0.39, 0.29) is 0 Å². The van der Waals surface area contributed by atoms with Crippen molar-refractivity contribution in [1.29, 1.82) is 0 Å². The normalized spacial score (nSPS) is 39.6. The SMILES string of the molecule is C[C@H]1C[C@H](C)SC(C)(C)S1. The van der Waals surface area contributed by atoms with E-state index >= 15 is 0 Å². The smallest absolute Gasteiger partial charge is 0.0560 e. The molecule has 0 bridgehead atoms. The van der Waals surface area contributed by atoms with E-state index in [4.69, 9.17) is 0 Å². The number of rotatable bonds is 0. The Morgan fingerprint density at radius 3 is 1.80 bits per heavy atom. The Kier molecular flexibility index (Phi) is 2.62. The standard InChI is InChI=1S/C8H16S2/c1-6-5-7(2)10-8(3,4)9-6/h6-7H,5H2,1-4H3/t6-,7-/m0/s1. The summed E-state index contributed by atoms with van der Waals surface area (Å²) in [7, 11) is 0. The highest BCUT2D eigenvalue weighted by Gasteiger charge is 2.30. The van der Waals surface area contributed by atoms with E-state index in [1.807, 2.05) is 0 Å². The van der Waals surface area contributed by atoms with Crippen molar-refractivity contribution in [1.82, 2.24) is 0 Å². The first-order valence-electron chi connectivity index (χ1n) is 3.85. The molecule has 0 amide bonds. The Labute approximate surface area is 72.5 Å². The summed E-state index contributed by atoms with van der Waals surface area (Å²) in [5, 5.41) is 1.71. The first-order chi connectivity index (χ1) is 4.49. The fourth-order valence-corrected chi connectivity index (χ4v) is 5.60. The summed E-state index contributed by atoms with van der Waals surface area (Å²) in [6, 6.07) is 0. The number of hydrogen-bond donors (Lipinski definition) is 0. The first-order valence-corrected chi connectivity index (χ1v) is 5.61. The monoisotopic (exact) mass is 176 g/mol. The van der Waals surface area contributed by atoms with Crippen LogP contribution in [0.25, 0.3) is 0 Å². The van der Waals surface area contributed by atoms with Crippen molar-refractivity contribution in [2.45, 2.75) is 48.7 Å². The van der Waals surface area contributed by atoms with E-state index in [2.05, 4.69) is 51.2 Å². The topological polar surface area (TPSA) is 0 Å². The van der Waals surface area contributed by atoms with Gasteiger partial charge in [0.2, 0.25) is 0 Å². The van der Waals surface area contributed by atoms with Crippen molar-refractivity contribution in [3.8, 4) is 0 Å². The van der Waals surface area contributed by atoms with Gasteiger partial charge < -0.3 is 0 Å². The van der Waals surface area contributed by atoms with Gasteiger partial charge >= 0.3 is 0 Å². The molecule has 0 N–H and O–H groups in total. The molecule has 1 heterocycles. The third-order valence-electron chi connectivity index (χ3n) is 1.63. The quantitative estimate of drug-likeness (QED) is 0.555. The summed E-state index contributed by atoms with van der Waals surface area (Å²) in [5.41, 5.74) is 0. The Hall–Kier alpha value is 0.700. The zero-order valence-corrected chi connectivity index (χ0v) is 8.81. The lowest BCUT2D eigenvalue weighted by Crippen LogP contribution is -2.25. The van der Waals surface area contributed by atoms with Crippen LogP contribution in [0, 0.1) is 0 Å². The van der Waals surface area contributed by atoms with Gasteiger partial charge in [-0.15, -0.1) is 23.5 Å². The van der Waals surface area contributed by atoms with Gasteiger partial charge in [-0.3, -0.25) is 0 Å². The maximum atomic E-state index is 2.34. The van der Waals surface area contributed by atoms with Crippen molar-refractivity contribution in [3.63, 3.8) is 0 Å². The second-order valence-corrected chi connectivity index (χ2v) is 7.87. The lowest BCUT2D eigenvalue weighted by atomic mass is 10.3. The van der Waals surface area contributed by atoms with Gasteiger partial charge in [0.25, 0.3) is 0 Å². The van der Waals surface area contributed by atoms with E-state index in [1.54, 1.807) is 0 Å². The fourth-order valence-electron chi connectivity index (χ4n) is 1.56. The lowest BCUT2D eigenvalue weighted by molar-refractivity contribution is 0.771. The minimum atomic E-state index is 0.455. The summed E-state index contributed by atoms with van der Waals surface area (Å²) in [5.74, 6) is 0. The molecule has 0 aromatic carbocycles. The Bertz CT molecular complexity index is 108. The molecular formula is C8H16S2. The molecule has 2 heteroatoms. The van der Waals surface area contributed by atoms with Crippen molar-refractivity contribution >= 4 is 23.5 Å². The lowest BCUT2D eigenvalue weighted by Gasteiger charge is -2.36. The van der Waals surface area contributed by atoms with Crippen LogP contribution in [0.2, 0.25) is 0 Å². The molecule has 0 radical (unpaired) electrons. The van der Waals surface area contributed by atoms with Gasteiger partial charge in [0, 0.05) is 10.5 Å². The molecule has 0 aromatic heterocycles. The van der Waals surface area contributed by atoms with Crippen molar-refractivity contribution < 1.29 is 0 Å². The summed E-state index contributed by atoms with van der Waals surface area (Å²) >= 11 is 4.22. The van der Waals surface area contributed by atoms with Crippen molar-refractivity contribution in [2.24, 2.45) is 0 Å². The van der Waals surface area contributed by atoms with E-state index < -0.39 is 0 Å². The average molecular weight is 176 g/mol. The van der Waals surface area contributed by atoms with E-state index in [0.29, 0.717) is 4.08 Å². The van der Waals surface area contributed by atoms with Gasteiger partial charge in [0.1, 0.15) is 0 Å². The largest absolute Gasteiger partial charge is 0.142 e. The van der Waals surface area contributed by atoms with Crippen LogP contribution in [0.15, 0.2) is 0 Å². The van der Waals surface area contributed by atoms with Crippen molar-refractivity contribution in [3.05, 3.63) is 0 Å². The third-order valence-corrected chi connectivity index (χ3v) is 4.54. The number of hydrogen-bond acceptors (Lipinski definition) is 2. The average Bonchev–Trinajstić information content (AvgIpc) is 1.54. The first kappa shape index (κ1) is 8.79. The Morgan fingerprint density at radius 2 is 1.50 bits per heavy atom. The highest BCUT2D eigenvalue weighted by molar-refractivity contribution is 8.19. The Morgan fingerprint density at radius 1 is 1.10 bits per heavy atom. The molecule has 10 heavy (non-hydrogen) atoms. The van der Waals surface area contributed by atoms with Gasteiger partial charge in [0.15, 0.2) is 0 Å². The molecule has 60 valence electrons. The third kappa shape index (κ3) is 2.39. The molecule has 1 fully saturated rings. The van der Waals surface area contributed by atoms with Gasteiger partial charge in [-0.1, -0.05) is 13.8 Å². The van der Waals surface area contributed by atoms with Gasteiger partial charge in [-0.25, -0.2) is 0 Å². The molecule has 0 aromatic rings. The maximum absolute atomic E-state index is 2.34. The van der Waals surface area contributed by atoms with Crippen LogP contribution in [-0.2, 0) is 0 Å². The zero-order valence-electron chi connectivity index (χ0n) is 7.18. The molecule has 0 nitrogen and oxygen atoms in total. The van der Waals surface area contributed by atoms with E-state index in [0.717, 1.165) is 10.5 Å². The highest BCUT2D eigenvalue weighted by Crippen LogP contribution is 2.48. The van der Waals surface area contributed by atoms with Crippen LogP contribution in [0.3, 0.4) is 0 Å². The predicted octanol–water partition coefficient (Wildman–Crippen LogP) is 3.37. The second kappa shape index (κ2) is 2.98. The van der Waals surface area contributed by atoms with Gasteiger partial charge in [0.05, 0.1) is 4.08 Å². The molecule has 1 aliphatic heterocycles. The molecule has 1 rings (SSSR count). The minimum absolute atomic E-state index is 0.455. The molecule has 0 spiro atoms. The molecule has 0 aliphatic carbocycles. The van der Waals surface area contributed by atoms with Crippen LogP contribution in [0.5, 0.6) is 0 Å². The molecule has 0 saturated carbocycles. The van der Waals surface area contributed by atoms with Crippen molar-refractivity contribution in [2.75, 3.05) is 0 Å². The summed E-state index contributed by atoms with van der Waals surface area (Å²) in [4.78, 5) is 0. The van der Waals surface area contributed by atoms with E-state index in [1.165, 1.54) is 6.42 Å². The Balaban J connectivity index is 2.51. The maximum Gasteiger partial charge on any atom is 0.0560 e. The second-order valence-electron chi connectivity index (χ2n) is 3.49. The molecule has 0 unspecified atom stereocenters. The van der Waals surface area contributed by atoms with Gasteiger partial charge in [-0.2, -0.15) is 0 Å². The molecular weight excluding hydrogens is 160 g/mol. The molecule has 2 atom stereocenters. The number of thioether (sulfide) groups is 2. The van der Waals surface area contributed by atoms with Crippen LogP contribution < -0.4 is 0 Å². The fraction of sp³-hybridized carbons (Fsp3) is 1.00. The summed E-state index contributed by atoms with van der Waals surface area (Å²) < 4.78 is 0.455. The molecule has 1 saturated heterocycles. The summed E-state index contributed by atoms with van der Waals surface area (Å²) in [6.07, 6.45) is 1.37. The minimum Gasteiger partial charge on any atom is -0.142 e. The van der Waals surface area contributed by atoms with Gasteiger partial charge in [-0.05, 0) is 20.3 Å². The summed E-state index contributed by atoms with van der Waals surface area (Å²) in [6.45, 7) is 9.33. The zero-order chi connectivity index (χ0) is 7.78. The van der Waals surface area contributed by atoms with E-state index in [9.17, 15) is 0 Å². The van der Waals surface area contributed by atoms with Crippen LogP contribution in [0.1, 0.15) is 34.1 Å². The van der Waals surface area contributed by atoms with Crippen LogP contribution in [-0.4, -0.2) is 14.6 Å². The predicted molar refractivity (Wildman–Crippen MR) is 52.8 cm³/mol. The van der Waals surface area contributed by atoms with Crippen LogP contribution >= 0.6 is 23.5 Å².